The van der Waals surface area contributed by atoms with Gasteiger partial charge in [-0.15, -0.1) is 0 Å². The summed E-state index contributed by atoms with van der Waals surface area (Å²) in [5, 5.41) is 1.90. The van der Waals surface area contributed by atoms with Crippen molar-refractivity contribution in [2.45, 2.75) is 71.5 Å². The Hall–Kier alpha value is 1.31. The normalized spacial score (nSPS) is 42.8. The highest BCUT2D eigenvalue weighted by atomic mass is 79.9. The van der Waals surface area contributed by atoms with Crippen molar-refractivity contribution in [3.8, 4) is 0 Å². The molecule has 0 nitrogen and oxygen atoms in total. The summed E-state index contributed by atoms with van der Waals surface area (Å²) in [6.45, 7) is 0. The molecule has 88 valence electrons. The van der Waals surface area contributed by atoms with Crippen LogP contribution in [-0.4, -0.2) is 20.2 Å². The second-order valence-electron chi connectivity index (χ2n) is 4.90. The Labute approximate surface area is 115 Å². The van der Waals surface area contributed by atoms with Crippen LogP contribution in [0.2, 0.25) is 0 Å². The molecule has 0 radical (unpaired) electrons. The van der Waals surface area contributed by atoms with E-state index in [1.807, 2.05) is 0 Å². The molecule has 15 heavy (non-hydrogen) atoms. The van der Waals surface area contributed by atoms with E-state index in [2.05, 4.69) is 43.6 Å². The van der Waals surface area contributed by atoms with Crippen molar-refractivity contribution < 1.29 is 0 Å². The summed E-state index contributed by atoms with van der Waals surface area (Å²) in [6, 6.07) is 0. The maximum atomic E-state index is 3.78. The molecule has 2 aliphatic rings. The molecule has 3 heteroatoms. The van der Waals surface area contributed by atoms with Gasteiger partial charge in [0.05, 0.1) is 0 Å². The van der Waals surface area contributed by atoms with E-state index in [0.29, 0.717) is 0 Å². The van der Waals surface area contributed by atoms with E-state index in [1.165, 1.54) is 51.4 Å². The predicted octanol–water partition coefficient (Wildman–Crippen LogP) is 5.13. The Bertz CT molecular complexity index is 190. The lowest BCUT2D eigenvalue weighted by Gasteiger charge is -2.31. The summed E-state index contributed by atoms with van der Waals surface area (Å²) < 4.78 is 0. The fourth-order valence-corrected chi connectivity index (χ4v) is 5.93. The van der Waals surface area contributed by atoms with E-state index in [1.54, 1.807) is 0 Å². The van der Waals surface area contributed by atoms with Crippen molar-refractivity contribution >= 4 is 43.6 Å². The minimum Gasteiger partial charge on any atom is -0.155 e. The topological polar surface area (TPSA) is 0 Å². The van der Waals surface area contributed by atoms with E-state index in [0.717, 1.165) is 20.2 Å². The third-order valence-corrected chi connectivity index (χ3v) is 6.97. The maximum absolute atomic E-state index is 3.78. The van der Waals surface area contributed by atoms with Gasteiger partial charge in [-0.3, -0.25) is 0 Å². The lowest BCUT2D eigenvalue weighted by Crippen LogP contribution is -2.23. The summed E-state index contributed by atoms with van der Waals surface area (Å²) in [6.07, 6.45) is 11.3. The molecule has 0 bridgehead atoms. The second-order valence-corrected chi connectivity index (χ2v) is 9.09. The number of hydrogen-bond donors (Lipinski definition) is 0. The number of hydrogen-bond acceptors (Lipinski definition) is 1. The minimum absolute atomic E-state index is 0.802. The van der Waals surface area contributed by atoms with Gasteiger partial charge in [-0.25, -0.2) is 0 Å². The van der Waals surface area contributed by atoms with Crippen molar-refractivity contribution in [3.63, 3.8) is 0 Å². The molecule has 0 spiro atoms. The van der Waals surface area contributed by atoms with Crippen LogP contribution in [0.3, 0.4) is 0 Å². The van der Waals surface area contributed by atoms with Crippen LogP contribution in [0.4, 0.5) is 0 Å². The van der Waals surface area contributed by atoms with Crippen molar-refractivity contribution in [1.29, 1.82) is 0 Å². The molecule has 0 N–H and O–H groups in total. The molecule has 2 aliphatic carbocycles. The van der Waals surface area contributed by atoms with Crippen LogP contribution in [0.15, 0.2) is 0 Å². The van der Waals surface area contributed by atoms with Gasteiger partial charge in [0.25, 0.3) is 0 Å². The predicted molar refractivity (Wildman–Crippen MR) is 77.5 cm³/mol. The molecule has 2 unspecified atom stereocenters. The third kappa shape index (κ3) is 4.23. The summed E-state index contributed by atoms with van der Waals surface area (Å²) in [4.78, 5) is 1.61. The number of halogens is 2. The first kappa shape index (κ1) is 12.8. The van der Waals surface area contributed by atoms with Crippen molar-refractivity contribution in [2.75, 3.05) is 0 Å². The number of thioether (sulfide) groups is 1. The van der Waals surface area contributed by atoms with Gasteiger partial charge in [0.2, 0.25) is 0 Å². The summed E-state index contributed by atoms with van der Waals surface area (Å²) in [5.74, 6) is 0. The Morgan fingerprint density at radius 3 is 2.13 bits per heavy atom. The monoisotopic (exact) mass is 354 g/mol. The van der Waals surface area contributed by atoms with E-state index in [-0.39, 0.29) is 0 Å². The fourth-order valence-electron chi connectivity index (χ4n) is 2.64. The van der Waals surface area contributed by atoms with Gasteiger partial charge >= 0.3 is 0 Å². The molecule has 0 saturated heterocycles. The molecule has 0 amide bonds. The van der Waals surface area contributed by atoms with Gasteiger partial charge in [0.15, 0.2) is 0 Å². The highest BCUT2D eigenvalue weighted by molar-refractivity contribution is 9.09. The lowest BCUT2D eigenvalue weighted by molar-refractivity contribution is 0.512. The van der Waals surface area contributed by atoms with Crippen molar-refractivity contribution in [3.05, 3.63) is 0 Å². The molecule has 2 atom stereocenters. The smallest absolute Gasteiger partial charge is 0.0156 e. The van der Waals surface area contributed by atoms with Gasteiger partial charge in [0.1, 0.15) is 0 Å². The second kappa shape index (κ2) is 6.30. The van der Waals surface area contributed by atoms with Crippen molar-refractivity contribution in [2.24, 2.45) is 0 Å². The van der Waals surface area contributed by atoms with Crippen LogP contribution >= 0.6 is 43.6 Å². The van der Waals surface area contributed by atoms with Crippen LogP contribution in [0.1, 0.15) is 51.4 Å². The molecule has 0 aromatic carbocycles. The highest BCUT2D eigenvalue weighted by Crippen LogP contribution is 2.39. The van der Waals surface area contributed by atoms with Crippen LogP contribution in [0, 0.1) is 0 Å². The molecule has 0 aliphatic heterocycles. The first-order valence-electron chi connectivity index (χ1n) is 6.17. The van der Waals surface area contributed by atoms with Gasteiger partial charge in [-0.2, -0.15) is 11.8 Å². The molecular weight excluding hydrogens is 336 g/mol. The van der Waals surface area contributed by atoms with Gasteiger partial charge in [0, 0.05) is 20.2 Å². The van der Waals surface area contributed by atoms with E-state index < -0.39 is 0 Å². The van der Waals surface area contributed by atoms with E-state index in [4.69, 9.17) is 0 Å². The molecule has 2 saturated carbocycles. The quantitative estimate of drug-likeness (QED) is 0.618. The Kier molecular flexibility index (Phi) is 5.36. The Balaban J connectivity index is 1.71. The summed E-state index contributed by atoms with van der Waals surface area (Å²) in [5.41, 5.74) is 0. The zero-order valence-electron chi connectivity index (χ0n) is 9.13. The highest BCUT2D eigenvalue weighted by Gasteiger charge is 2.26. The SMILES string of the molecule is BrC1CCC(SC2CCCC(Br)C2)CC1. The Morgan fingerprint density at radius 1 is 0.733 bits per heavy atom. The zero-order chi connectivity index (χ0) is 10.7. The summed E-state index contributed by atoms with van der Waals surface area (Å²) in [7, 11) is 0. The van der Waals surface area contributed by atoms with Gasteiger partial charge < -0.3 is 0 Å². The van der Waals surface area contributed by atoms with Crippen LogP contribution in [0.25, 0.3) is 0 Å². The fraction of sp³-hybridized carbons (Fsp3) is 1.00. The molecular formula is C12H20Br2S. The molecule has 2 fully saturated rings. The zero-order valence-corrected chi connectivity index (χ0v) is 13.1. The number of rotatable bonds is 2. The Morgan fingerprint density at radius 2 is 1.47 bits per heavy atom. The minimum atomic E-state index is 0.802. The van der Waals surface area contributed by atoms with E-state index >= 15 is 0 Å². The van der Waals surface area contributed by atoms with Crippen LogP contribution < -0.4 is 0 Å². The van der Waals surface area contributed by atoms with Gasteiger partial charge in [-0.05, 0) is 44.9 Å². The summed E-state index contributed by atoms with van der Waals surface area (Å²) >= 11 is 9.81. The average Bonchev–Trinajstić information content (AvgIpc) is 2.22. The third-order valence-electron chi connectivity index (χ3n) is 3.55. The molecule has 2 rings (SSSR count). The standard InChI is InChI=1S/C12H20Br2S/c13-9-4-6-11(7-5-9)15-12-3-1-2-10(14)8-12/h9-12H,1-8H2. The van der Waals surface area contributed by atoms with E-state index in [9.17, 15) is 0 Å². The first-order chi connectivity index (χ1) is 7.24. The average molecular weight is 356 g/mol. The first-order valence-corrected chi connectivity index (χ1v) is 8.95. The van der Waals surface area contributed by atoms with Gasteiger partial charge in [-0.1, -0.05) is 38.3 Å². The lowest BCUT2D eigenvalue weighted by atomic mass is 9.99. The van der Waals surface area contributed by atoms with Crippen molar-refractivity contribution in [1.82, 2.24) is 0 Å². The number of alkyl halides is 2. The molecule has 0 aromatic heterocycles. The molecule has 0 aromatic rings. The maximum Gasteiger partial charge on any atom is 0.0156 e. The molecule has 0 heterocycles. The van der Waals surface area contributed by atoms with Crippen LogP contribution in [-0.2, 0) is 0 Å². The largest absolute Gasteiger partial charge is 0.155 e. The van der Waals surface area contributed by atoms with Crippen LogP contribution in [0.5, 0.6) is 0 Å².